The number of hydrogen-bond acceptors (Lipinski definition) is 6. The Balaban J connectivity index is 1.67. The molecule has 2 aromatic heterocycles. The van der Waals surface area contributed by atoms with Gasteiger partial charge in [-0.1, -0.05) is 0 Å². The predicted octanol–water partition coefficient (Wildman–Crippen LogP) is 3.06. The van der Waals surface area contributed by atoms with E-state index in [1.807, 2.05) is 0 Å². The van der Waals surface area contributed by atoms with Crippen molar-refractivity contribution in [1.82, 2.24) is 19.7 Å². The van der Waals surface area contributed by atoms with Crippen molar-refractivity contribution in [2.24, 2.45) is 0 Å². The molecule has 2 N–H and O–H groups in total. The minimum Gasteiger partial charge on any atom is -0.324 e. The molecular formula is C19H19F3N6O3S. The van der Waals surface area contributed by atoms with E-state index in [9.17, 15) is 26.4 Å². The topological polar surface area (TPSA) is 119 Å². The molecule has 0 bridgehead atoms. The van der Waals surface area contributed by atoms with Gasteiger partial charge in [-0.05, 0) is 57.2 Å². The second-order valence-electron chi connectivity index (χ2n) is 6.98. The van der Waals surface area contributed by atoms with E-state index in [0.29, 0.717) is 11.4 Å². The summed E-state index contributed by atoms with van der Waals surface area (Å²) in [6, 6.07) is 7.78. The fourth-order valence-corrected chi connectivity index (χ4v) is 3.76. The van der Waals surface area contributed by atoms with Crippen LogP contribution in [0.5, 0.6) is 0 Å². The van der Waals surface area contributed by atoms with Crippen molar-refractivity contribution >= 4 is 27.6 Å². The van der Waals surface area contributed by atoms with E-state index in [2.05, 4.69) is 25.1 Å². The molecule has 0 unspecified atom stereocenters. The number of aromatic nitrogens is 4. The van der Waals surface area contributed by atoms with Crippen molar-refractivity contribution in [3.63, 3.8) is 0 Å². The van der Waals surface area contributed by atoms with Crippen LogP contribution in [0.15, 0.2) is 41.3 Å². The lowest BCUT2D eigenvalue weighted by molar-refractivity contribution is -0.141. The summed E-state index contributed by atoms with van der Waals surface area (Å²) < 4.78 is 66.5. The van der Waals surface area contributed by atoms with E-state index < -0.39 is 34.3 Å². The maximum atomic E-state index is 12.7. The molecule has 3 aromatic rings. The number of rotatable bonds is 6. The van der Waals surface area contributed by atoms with Gasteiger partial charge in [-0.15, -0.1) is 0 Å². The van der Waals surface area contributed by atoms with Gasteiger partial charge in [0.05, 0.1) is 4.90 Å². The summed E-state index contributed by atoms with van der Waals surface area (Å²) in [5.41, 5.74) is 0.551. The van der Waals surface area contributed by atoms with Gasteiger partial charge >= 0.3 is 6.18 Å². The minimum absolute atomic E-state index is 0.0623. The highest BCUT2D eigenvalue weighted by atomic mass is 32.2. The Morgan fingerprint density at radius 2 is 1.62 bits per heavy atom. The lowest BCUT2D eigenvalue weighted by Gasteiger charge is -2.10. The Labute approximate surface area is 181 Å². The second kappa shape index (κ2) is 8.57. The number of amides is 1. The van der Waals surface area contributed by atoms with Gasteiger partial charge in [0.1, 0.15) is 6.54 Å². The van der Waals surface area contributed by atoms with Gasteiger partial charge in [0, 0.05) is 22.8 Å². The molecule has 0 aliphatic carbocycles. The Morgan fingerprint density at radius 3 is 2.16 bits per heavy atom. The van der Waals surface area contributed by atoms with Crippen LogP contribution in [-0.2, 0) is 27.5 Å². The van der Waals surface area contributed by atoms with Crippen LogP contribution in [0.25, 0.3) is 0 Å². The van der Waals surface area contributed by atoms with Crippen LogP contribution < -0.4 is 10.0 Å². The van der Waals surface area contributed by atoms with Gasteiger partial charge in [-0.25, -0.2) is 23.1 Å². The zero-order valence-corrected chi connectivity index (χ0v) is 18.0. The van der Waals surface area contributed by atoms with Gasteiger partial charge in [0.15, 0.2) is 5.69 Å². The molecule has 2 heterocycles. The van der Waals surface area contributed by atoms with Gasteiger partial charge in [0.25, 0.3) is 10.0 Å². The minimum atomic E-state index is -4.61. The molecule has 1 aromatic carbocycles. The first-order valence-electron chi connectivity index (χ1n) is 9.20. The van der Waals surface area contributed by atoms with Crippen molar-refractivity contribution in [1.29, 1.82) is 0 Å². The smallest absolute Gasteiger partial charge is 0.324 e. The average Bonchev–Trinajstić information content (AvgIpc) is 3.01. The summed E-state index contributed by atoms with van der Waals surface area (Å²) in [5.74, 6) is -0.685. The number of halogens is 3. The monoisotopic (exact) mass is 468 g/mol. The Kier molecular flexibility index (Phi) is 6.21. The van der Waals surface area contributed by atoms with E-state index in [0.717, 1.165) is 10.7 Å². The van der Waals surface area contributed by atoms with E-state index in [-0.39, 0.29) is 22.2 Å². The van der Waals surface area contributed by atoms with Crippen molar-refractivity contribution in [2.45, 2.75) is 38.4 Å². The molecule has 9 nitrogen and oxygen atoms in total. The van der Waals surface area contributed by atoms with Crippen molar-refractivity contribution in [3.05, 3.63) is 59.2 Å². The summed E-state index contributed by atoms with van der Waals surface area (Å²) in [6.45, 7) is 4.38. The molecule has 13 heteroatoms. The Bertz CT molecular complexity index is 1230. The number of carbonyl (C=O) groups excluding carboxylic acids is 1. The molecule has 0 saturated carbocycles. The molecule has 32 heavy (non-hydrogen) atoms. The number of nitrogens with one attached hydrogen (secondary N) is 2. The van der Waals surface area contributed by atoms with E-state index in [4.69, 9.17) is 0 Å². The van der Waals surface area contributed by atoms with Crippen LogP contribution >= 0.6 is 0 Å². The van der Waals surface area contributed by atoms with Crippen molar-refractivity contribution in [3.8, 4) is 0 Å². The molecule has 0 aliphatic rings. The summed E-state index contributed by atoms with van der Waals surface area (Å²) in [4.78, 5) is 20.1. The lowest BCUT2D eigenvalue weighted by atomic mass is 10.3. The molecule has 0 saturated heterocycles. The SMILES string of the molecule is Cc1cc(C)nc(NS(=O)(=O)c2ccc(NC(=O)Cn3nc(C(F)(F)F)cc3C)cc2)n1. The van der Waals surface area contributed by atoms with Gasteiger partial charge in [-0.3, -0.25) is 9.48 Å². The number of carbonyl (C=O) groups is 1. The lowest BCUT2D eigenvalue weighted by Crippen LogP contribution is -2.21. The van der Waals surface area contributed by atoms with Crippen LogP contribution in [0, 0.1) is 20.8 Å². The van der Waals surface area contributed by atoms with E-state index >= 15 is 0 Å². The van der Waals surface area contributed by atoms with Gasteiger partial charge in [-0.2, -0.15) is 18.3 Å². The average molecular weight is 468 g/mol. The molecule has 1 amide bonds. The maximum absolute atomic E-state index is 12.7. The van der Waals surface area contributed by atoms with Crippen LogP contribution in [-0.4, -0.2) is 34.1 Å². The Morgan fingerprint density at radius 1 is 1.03 bits per heavy atom. The van der Waals surface area contributed by atoms with Crippen LogP contribution in [0.2, 0.25) is 0 Å². The quantitative estimate of drug-likeness (QED) is 0.574. The molecular weight excluding hydrogens is 449 g/mol. The van der Waals surface area contributed by atoms with Crippen LogP contribution in [0.4, 0.5) is 24.8 Å². The molecule has 0 radical (unpaired) electrons. The van der Waals surface area contributed by atoms with E-state index in [1.54, 1.807) is 19.9 Å². The number of hydrogen-bond donors (Lipinski definition) is 2. The standard InChI is InChI=1S/C19H19F3N6O3S/c1-11-8-12(2)24-18(23-11)27-32(30,31)15-6-4-14(5-7-15)25-17(29)10-28-13(3)9-16(26-28)19(20,21)22/h4-9H,10H2,1-3H3,(H,25,29)(H,23,24,27). The fraction of sp³-hybridized carbons (Fsp3) is 0.263. The highest BCUT2D eigenvalue weighted by Gasteiger charge is 2.34. The van der Waals surface area contributed by atoms with Crippen molar-refractivity contribution in [2.75, 3.05) is 10.0 Å². The first kappa shape index (κ1) is 23.2. The molecule has 0 spiro atoms. The summed E-state index contributed by atoms with van der Waals surface area (Å²) in [5, 5.41) is 5.88. The largest absolute Gasteiger partial charge is 0.435 e. The molecule has 170 valence electrons. The molecule has 3 rings (SSSR count). The second-order valence-corrected chi connectivity index (χ2v) is 8.66. The number of alkyl halides is 3. The molecule has 0 atom stereocenters. The summed E-state index contributed by atoms with van der Waals surface area (Å²) >= 11 is 0. The van der Waals surface area contributed by atoms with Gasteiger partial charge < -0.3 is 5.32 Å². The number of anilines is 2. The number of sulfonamides is 1. The first-order valence-corrected chi connectivity index (χ1v) is 10.7. The zero-order chi connectivity index (χ0) is 23.7. The van der Waals surface area contributed by atoms with Crippen molar-refractivity contribution < 1.29 is 26.4 Å². The molecule has 0 fully saturated rings. The van der Waals surface area contributed by atoms with Crippen LogP contribution in [0.1, 0.15) is 22.8 Å². The Hall–Kier alpha value is -3.48. The summed E-state index contributed by atoms with van der Waals surface area (Å²) in [7, 11) is -3.97. The third kappa shape index (κ3) is 5.60. The number of nitrogens with zero attached hydrogens (tertiary/aromatic N) is 4. The highest BCUT2D eigenvalue weighted by molar-refractivity contribution is 7.92. The number of aryl methyl sites for hydroxylation is 3. The molecule has 0 aliphatic heterocycles. The first-order chi connectivity index (χ1) is 14.8. The predicted molar refractivity (Wildman–Crippen MR) is 109 cm³/mol. The highest BCUT2D eigenvalue weighted by Crippen LogP contribution is 2.28. The normalized spacial score (nSPS) is 11.9. The summed E-state index contributed by atoms with van der Waals surface area (Å²) in [6.07, 6.45) is -4.61. The van der Waals surface area contributed by atoms with Crippen LogP contribution in [0.3, 0.4) is 0 Å². The zero-order valence-electron chi connectivity index (χ0n) is 17.2. The fourth-order valence-electron chi connectivity index (χ4n) is 2.81. The van der Waals surface area contributed by atoms with Gasteiger partial charge in [0.2, 0.25) is 11.9 Å². The third-order valence-electron chi connectivity index (χ3n) is 4.22. The van der Waals surface area contributed by atoms with E-state index in [1.165, 1.54) is 31.2 Å². The number of benzene rings is 1. The maximum Gasteiger partial charge on any atom is 0.435 e. The third-order valence-corrected chi connectivity index (χ3v) is 5.57.